The molecule has 2 heteroatoms. The van der Waals surface area contributed by atoms with Crippen LogP contribution in [-0.4, -0.2) is 14.2 Å². The molecule has 1 aromatic rings. The van der Waals surface area contributed by atoms with Gasteiger partial charge in [-0.2, -0.15) is 0 Å². The van der Waals surface area contributed by atoms with E-state index in [2.05, 4.69) is 6.58 Å². The van der Waals surface area contributed by atoms with Crippen molar-refractivity contribution in [2.45, 2.75) is 0 Å². The average Bonchev–Trinajstić information content (AvgIpc) is 2.20. The first-order chi connectivity index (χ1) is 6.29. The first-order valence-electron chi connectivity index (χ1n) is 3.99. The molecule has 0 atom stereocenters. The van der Waals surface area contributed by atoms with Gasteiger partial charge in [0, 0.05) is 7.11 Å². The monoisotopic (exact) mass is 177 g/mol. The Balaban J connectivity index is 2.85. The van der Waals surface area contributed by atoms with Crippen LogP contribution in [0, 0.1) is 6.10 Å². The summed E-state index contributed by atoms with van der Waals surface area (Å²) in [5.41, 5.74) is 0.969. The quantitative estimate of drug-likeness (QED) is 0.657. The van der Waals surface area contributed by atoms with Crippen LogP contribution in [0.4, 0.5) is 0 Å². The lowest BCUT2D eigenvalue weighted by Gasteiger charge is -2.15. The lowest BCUT2D eigenvalue weighted by molar-refractivity contribution is 0.178. The van der Waals surface area contributed by atoms with Crippen LogP contribution in [0.15, 0.2) is 42.7 Å². The fraction of sp³-hybridized carbons (Fsp3) is 0.182. The Morgan fingerprint density at radius 1 is 1.08 bits per heavy atom. The molecule has 1 rings (SSSR count). The molecule has 13 heavy (non-hydrogen) atoms. The highest BCUT2D eigenvalue weighted by Crippen LogP contribution is 2.22. The van der Waals surface area contributed by atoms with Crippen LogP contribution >= 0.6 is 0 Å². The van der Waals surface area contributed by atoms with Crippen molar-refractivity contribution in [3.63, 3.8) is 0 Å². The molecule has 69 valence electrons. The van der Waals surface area contributed by atoms with Gasteiger partial charge in [-0.05, 0) is 5.56 Å². The first kappa shape index (κ1) is 9.81. The average molecular weight is 177 g/mol. The maximum Gasteiger partial charge on any atom is 0.189 e. The Hall–Kier alpha value is -1.28. The second-order valence-electron chi connectivity index (χ2n) is 2.53. The van der Waals surface area contributed by atoms with Crippen molar-refractivity contribution < 1.29 is 9.47 Å². The summed E-state index contributed by atoms with van der Waals surface area (Å²) in [5.74, 6) is 0.536. The Kier molecular flexibility index (Phi) is 3.53. The Bertz CT molecular complexity index is 267. The van der Waals surface area contributed by atoms with E-state index in [1.54, 1.807) is 14.2 Å². The molecule has 0 fully saturated rings. The van der Waals surface area contributed by atoms with Crippen LogP contribution in [0.5, 0.6) is 0 Å². The van der Waals surface area contributed by atoms with Gasteiger partial charge in [-0.3, -0.25) is 0 Å². The van der Waals surface area contributed by atoms with Crippen LogP contribution < -0.4 is 0 Å². The van der Waals surface area contributed by atoms with E-state index in [4.69, 9.17) is 9.47 Å². The molecular formula is C11H13O2. The maximum absolute atomic E-state index is 5.18. The van der Waals surface area contributed by atoms with Gasteiger partial charge in [-0.15, -0.1) is 0 Å². The van der Waals surface area contributed by atoms with E-state index in [0.29, 0.717) is 11.9 Å². The number of hydrogen-bond donors (Lipinski definition) is 0. The zero-order valence-corrected chi connectivity index (χ0v) is 7.91. The van der Waals surface area contributed by atoms with Crippen LogP contribution in [0.1, 0.15) is 5.56 Å². The molecule has 0 saturated heterocycles. The second-order valence-corrected chi connectivity index (χ2v) is 2.53. The van der Waals surface area contributed by atoms with Crippen LogP contribution in [0.2, 0.25) is 0 Å². The molecule has 2 nitrogen and oxygen atoms in total. The molecule has 0 spiro atoms. The van der Waals surface area contributed by atoms with Crippen molar-refractivity contribution in [1.82, 2.24) is 0 Å². The van der Waals surface area contributed by atoms with Gasteiger partial charge in [0.1, 0.15) is 5.76 Å². The van der Waals surface area contributed by atoms with Gasteiger partial charge in [-0.25, -0.2) is 0 Å². The third kappa shape index (κ3) is 2.33. The van der Waals surface area contributed by atoms with Gasteiger partial charge in [0.25, 0.3) is 0 Å². The second kappa shape index (κ2) is 4.67. The summed E-state index contributed by atoms with van der Waals surface area (Å²) in [6.07, 6.45) is 0.670. The van der Waals surface area contributed by atoms with Gasteiger partial charge < -0.3 is 9.47 Å². The smallest absolute Gasteiger partial charge is 0.189 e. The van der Waals surface area contributed by atoms with Crippen molar-refractivity contribution >= 4 is 0 Å². The molecule has 0 heterocycles. The third-order valence-electron chi connectivity index (χ3n) is 1.74. The molecule has 0 aliphatic rings. The highest BCUT2D eigenvalue weighted by molar-refractivity contribution is 5.35. The molecule has 0 unspecified atom stereocenters. The van der Waals surface area contributed by atoms with Gasteiger partial charge in [0.05, 0.1) is 7.11 Å². The summed E-state index contributed by atoms with van der Waals surface area (Å²) < 4.78 is 10.2. The zero-order chi connectivity index (χ0) is 9.68. The van der Waals surface area contributed by atoms with E-state index in [1.165, 1.54) is 0 Å². The molecule has 0 aliphatic heterocycles. The molecule has 0 aliphatic carbocycles. The van der Waals surface area contributed by atoms with Crippen LogP contribution in [-0.2, 0) is 9.47 Å². The molecule has 0 N–H and O–H groups in total. The minimum Gasteiger partial charge on any atom is -0.498 e. The van der Waals surface area contributed by atoms with E-state index in [-0.39, 0.29) is 0 Å². The molecule has 0 aromatic heterocycles. The highest BCUT2D eigenvalue weighted by atomic mass is 16.5. The number of ether oxygens (including phenoxy) is 2. The largest absolute Gasteiger partial charge is 0.498 e. The molecular weight excluding hydrogens is 164 g/mol. The van der Waals surface area contributed by atoms with Crippen molar-refractivity contribution in [1.29, 1.82) is 0 Å². The number of hydrogen-bond acceptors (Lipinski definition) is 2. The summed E-state index contributed by atoms with van der Waals surface area (Å²) in [7, 11) is 3.18. The van der Waals surface area contributed by atoms with Crippen molar-refractivity contribution in [3.8, 4) is 0 Å². The molecule has 0 amide bonds. The highest BCUT2D eigenvalue weighted by Gasteiger charge is 2.15. The molecule has 1 radical (unpaired) electrons. The van der Waals surface area contributed by atoms with E-state index >= 15 is 0 Å². The van der Waals surface area contributed by atoms with Crippen LogP contribution in [0.3, 0.4) is 0 Å². The van der Waals surface area contributed by atoms with Gasteiger partial charge in [0.15, 0.2) is 6.10 Å². The van der Waals surface area contributed by atoms with Gasteiger partial charge in [0.2, 0.25) is 0 Å². The number of methoxy groups -OCH3 is 2. The predicted octanol–water partition coefficient (Wildman–Crippen LogP) is 2.37. The van der Waals surface area contributed by atoms with Crippen molar-refractivity contribution in [2.75, 3.05) is 14.2 Å². The standard InChI is InChI=1S/C11H13O2/c1-9(12-2)11(13-3)10-7-5-4-6-8-10/h4-8H,1H2,2-3H3. The minimum absolute atomic E-state index is 0.536. The third-order valence-corrected chi connectivity index (χ3v) is 1.74. The minimum atomic E-state index is 0.536. The topological polar surface area (TPSA) is 18.5 Å². The lowest BCUT2D eigenvalue weighted by Crippen LogP contribution is -2.06. The van der Waals surface area contributed by atoms with Crippen molar-refractivity contribution in [3.05, 3.63) is 54.3 Å². The van der Waals surface area contributed by atoms with Gasteiger partial charge in [-0.1, -0.05) is 36.9 Å². The summed E-state index contributed by atoms with van der Waals surface area (Å²) >= 11 is 0. The summed E-state index contributed by atoms with van der Waals surface area (Å²) in [4.78, 5) is 0. The summed E-state index contributed by atoms with van der Waals surface area (Å²) in [6, 6.07) is 9.73. The number of rotatable bonds is 4. The Morgan fingerprint density at radius 2 is 1.69 bits per heavy atom. The zero-order valence-electron chi connectivity index (χ0n) is 7.91. The predicted molar refractivity (Wildman–Crippen MR) is 51.9 cm³/mol. The van der Waals surface area contributed by atoms with Crippen LogP contribution in [0.25, 0.3) is 0 Å². The van der Waals surface area contributed by atoms with Crippen molar-refractivity contribution in [2.24, 2.45) is 0 Å². The summed E-state index contributed by atoms with van der Waals surface area (Å²) in [5, 5.41) is 0. The molecule has 0 bridgehead atoms. The molecule has 0 saturated carbocycles. The maximum atomic E-state index is 5.18. The van der Waals surface area contributed by atoms with E-state index in [1.807, 2.05) is 30.3 Å². The Morgan fingerprint density at radius 3 is 2.15 bits per heavy atom. The van der Waals surface area contributed by atoms with E-state index in [9.17, 15) is 0 Å². The summed E-state index contributed by atoms with van der Waals surface area (Å²) in [6.45, 7) is 3.74. The lowest BCUT2D eigenvalue weighted by atomic mass is 10.1. The van der Waals surface area contributed by atoms with Gasteiger partial charge >= 0.3 is 0 Å². The molecule has 1 aromatic carbocycles. The fourth-order valence-electron chi connectivity index (χ4n) is 1.07. The van der Waals surface area contributed by atoms with E-state index in [0.717, 1.165) is 5.56 Å². The normalized spacial score (nSPS) is 10.1. The fourth-order valence-corrected chi connectivity index (χ4v) is 1.07. The SMILES string of the molecule is C=C(OC)[C](OC)c1ccccc1. The number of benzene rings is 1. The first-order valence-corrected chi connectivity index (χ1v) is 3.99. The van der Waals surface area contributed by atoms with E-state index < -0.39 is 0 Å². The Labute approximate surface area is 78.8 Å².